The van der Waals surface area contributed by atoms with Crippen molar-refractivity contribution in [2.24, 2.45) is 0 Å². The van der Waals surface area contributed by atoms with Crippen LogP contribution in [0.4, 0.5) is 11.4 Å². The van der Waals surface area contributed by atoms with Crippen molar-refractivity contribution in [3.8, 4) is 0 Å². The molecule has 23 nitrogen and oxygen atoms in total. The van der Waals surface area contributed by atoms with Crippen LogP contribution in [-0.2, 0) is 59.1 Å². The second kappa shape index (κ2) is 67.8. The number of nitrogens with one attached hydrogen (secondary N) is 3. The van der Waals surface area contributed by atoms with Gasteiger partial charge in [0.1, 0.15) is 19.5 Å². The summed E-state index contributed by atoms with van der Waals surface area (Å²) in [4.78, 5) is 97.9. The Labute approximate surface area is 769 Å². The molecule has 4 fully saturated rings. The number of carboxylic acids is 1. The zero-order chi connectivity index (χ0) is 81.2. The normalized spacial score (nSPS) is 13.8. The molecule has 4 aliphatic rings. The number of aliphatic hydroxyl groups excluding tert-OH is 3. The molecule has 30 heteroatoms. The van der Waals surface area contributed by atoms with Crippen LogP contribution in [0.15, 0.2) is 121 Å². The number of halogens is 3. The van der Waals surface area contributed by atoms with Crippen LogP contribution < -0.4 is 26.3 Å². The minimum Gasteiger partial charge on any atom is -0.477 e. The van der Waals surface area contributed by atoms with Crippen LogP contribution >= 0.6 is 96.3 Å². The van der Waals surface area contributed by atoms with Crippen molar-refractivity contribution in [2.45, 2.75) is 253 Å². The van der Waals surface area contributed by atoms with Crippen molar-refractivity contribution in [3.05, 3.63) is 181 Å². The van der Waals surface area contributed by atoms with Crippen molar-refractivity contribution in [1.29, 1.82) is 0 Å². The Bertz CT molecular complexity index is 3970. The number of anilines is 2. The number of ether oxygens (including phenoxy) is 3. The molecule has 0 saturated carbocycles. The van der Waals surface area contributed by atoms with Crippen LogP contribution in [0.5, 0.6) is 0 Å². The van der Waals surface area contributed by atoms with Gasteiger partial charge in [-0.2, -0.15) is 0 Å². The fourth-order valence-corrected chi connectivity index (χ4v) is 16.7. The number of aromatic carboxylic acids is 1. The zero-order valence-corrected chi connectivity index (χ0v) is 73.5. The number of rotatable bonds is 36. The first-order valence-corrected chi connectivity index (χ1v) is 44.2. The lowest BCUT2D eigenvalue weighted by Gasteiger charge is -2.28. The lowest BCUT2D eigenvalue weighted by Crippen LogP contribution is -2.39. The van der Waals surface area contributed by atoms with Gasteiger partial charge in [0.05, 0.1) is 51.0 Å². The van der Waals surface area contributed by atoms with E-state index in [2.05, 4.69) is 95.1 Å². The molecular formula is C91H145BrClIN8O15S4. The highest BCUT2D eigenvalue weighted by atomic mass is 127. The number of hydrazine groups is 4. The summed E-state index contributed by atoms with van der Waals surface area (Å²) < 4.78 is 15.3. The molecule has 4 aliphatic heterocycles. The van der Waals surface area contributed by atoms with Gasteiger partial charge < -0.3 is 34.6 Å². The summed E-state index contributed by atoms with van der Waals surface area (Å²) in [6.45, 7) is 11.8. The molecule has 3 aromatic carbocycles. The van der Waals surface area contributed by atoms with E-state index in [0.29, 0.717) is 58.3 Å². The van der Waals surface area contributed by atoms with Gasteiger partial charge in [0.2, 0.25) is 23.6 Å². The van der Waals surface area contributed by atoms with E-state index >= 15 is 0 Å². The number of carbonyl (C=O) groups is 8. The number of amides is 4. The van der Waals surface area contributed by atoms with Crippen LogP contribution in [0.3, 0.4) is 0 Å². The number of nitrogens with zero attached hydrogens (tertiary/aromatic N) is 5. The molecule has 11 rings (SSSR count). The topological polar surface area (TPSA) is 297 Å². The minimum absolute atomic E-state index is 0. The van der Waals surface area contributed by atoms with E-state index in [-0.39, 0.29) is 119 Å². The van der Waals surface area contributed by atoms with Gasteiger partial charge in [-0.1, -0.05) is 190 Å². The zero-order valence-electron chi connectivity index (χ0n) is 65.7. The minimum atomic E-state index is -0.888. The molecule has 0 aliphatic carbocycles. The standard InChI is InChI=1S/C24H32N2O4S.C23H30N2O4S.C12H17IO.C12H16N2O3S.C9H11BrO2S.C3H6N2O.8CH4.ClH/c1-3-4-5-8-21(27)18-9-11-19(12-10-18)26-23(28)15-17-25(26)16-6-7-20-13-14-22(31-20)24(29)30-2;1-2-3-4-7-20(26)17-8-10-18(11-9-17)25-22(27)14-16-24(25)15-5-6-19-12-13-21(30-19)23(28)29;1-2-3-4-5-12(14)10-6-8-11(13)9-7-10;1-17-12(16)10-5-4-9(18-10)3-2-7-14-8-6-11(15)13-14;1-12-9(11)8-5-4-7(13-8)3-2-6-10;6-3-1-2-4-5-3;;;;;;;;;/h9-14,21,27H,3-8,15-17H2,1-2H3;8-13,20,26H,2-7,14-16H2,1H3,(H,28,29);6-9,12,14H,2-5H2,1H3;4-5H,2-3,6-8H2,1H3,(H,13,15);4-5H,2-3,6H2,1H3;4H,1-2H2,(H,5,6);8*1H4;1H. The number of unbranched alkanes of at least 4 members (excludes halogenated alkanes) is 6. The first-order valence-electron chi connectivity index (χ1n) is 38.7. The van der Waals surface area contributed by atoms with E-state index in [9.17, 15) is 53.7 Å². The van der Waals surface area contributed by atoms with Gasteiger partial charge in [0.25, 0.3) is 0 Å². The highest BCUT2D eigenvalue weighted by Gasteiger charge is 2.32. The number of methoxy groups -OCH3 is 3. The predicted molar refractivity (Wildman–Crippen MR) is 518 cm³/mol. The SMILES string of the molecule is C.C.C.C.C.C.C.C.CCCCCC(O)c1ccc(I)cc1.CCCCCC(O)c1ccc(N2C(=O)CCN2CCCc2ccc(C(=O)O)s2)cc1.CCCCCC(O)c1ccc(N2C(=O)CCN2CCCc2ccc(C(=O)OC)s2)cc1.COC(=O)c1ccc(CCCBr)s1.COC(=O)c1ccc(CCCN2CCC(=O)N2)s1.Cl.O=C1CCNN1. The van der Waals surface area contributed by atoms with E-state index in [0.717, 1.165) is 191 Å². The number of hydrogen-bond donors (Lipinski definition) is 7. The predicted octanol–water partition coefficient (Wildman–Crippen LogP) is 21.9. The number of aliphatic hydroxyl groups is 3. The molecule has 7 aromatic rings. The summed E-state index contributed by atoms with van der Waals surface area (Å²) in [7, 11) is 4.18. The van der Waals surface area contributed by atoms with E-state index < -0.39 is 18.2 Å². The maximum atomic E-state index is 12.5. The summed E-state index contributed by atoms with van der Waals surface area (Å²) in [5, 5.41) is 50.2. The Morgan fingerprint density at radius 2 is 0.777 bits per heavy atom. The number of carbonyl (C=O) groups excluding carboxylic acids is 7. The molecule has 3 unspecified atom stereocenters. The second-order valence-corrected chi connectivity index (χ2v) is 33.7. The summed E-state index contributed by atoms with van der Waals surface area (Å²) in [6.07, 6.45) is 20.9. The van der Waals surface area contributed by atoms with Crippen LogP contribution in [0.1, 0.15) is 302 Å². The van der Waals surface area contributed by atoms with E-state index in [4.69, 9.17) is 9.84 Å². The highest BCUT2D eigenvalue weighted by molar-refractivity contribution is 14.1. The Morgan fingerprint density at radius 1 is 0.438 bits per heavy atom. The van der Waals surface area contributed by atoms with Crippen molar-refractivity contribution in [3.63, 3.8) is 0 Å². The van der Waals surface area contributed by atoms with Crippen LogP contribution in [0.2, 0.25) is 0 Å². The fraction of sp³-hybridized carbons (Fsp3) is 0.538. The van der Waals surface area contributed by atoms with Gasteiger partial charge in [-0.15, -0.1) is 57.8 Å². The molecule has 8 heterocycles. The lowest BCUT2D eigenvalue weighted by molar-refractivity contribution is -0.121. The number of thiophene rings is 4. The third-order valence-electron chi connectivity index (χ3n) is 18.4. The number of alkyl halides is 1. The van der Waals surface area contributed by atoms with Gasteiger partial charge in [0.15, 0.2) is 0 Å². The summed E-state index contributed by atoms with van der Waals surface area (Å²) in [6, 6.07) is 38.3. The third-order valence-corrected chi connectivity index (χ3v) is 24.2. The number of esters is 3. The molecule has 7 N–H and O–H groups in total. The Kier molecular flexibility index (Phi) is 67.7. The Balaban J connectivity index is -0.000000706. The van der Waals surface area contributed by atoms with E-state index in [1.165, 1.54) is 92.8 Å². The molecule has 4 saturated heterocycles. The molecule has 0 bridgehead atoms. The number of carboxylic acid groups (broad SMARTS) is 1. The summed E-state index contributed by atoms with van der Waals surface area (Å²) >= 11 is 11.4. The maximum absolute atomic E-state index is 12.5. The molecule has 121 heavy (non-hydrogen) atoms. The van der Waals surface area contributed by atoms with E-state index in [1.54, 1.807) is 28.2 Å². The quantitative estimate of drug-likeness (QED) is 0.00631. The first kappa shape index (κ1) is 121. The summed E-state index contributed by atoms with van der Waals surface area (Å²) in [5.41, 5.74) is 12.4. The van der Waals surface area contributed by atoms with Crippen LogP contribution in [0.25, 0.3) is 0 Å². The van der Waals surface area contributed by atoms with Gasteiger partial charge in [0, 0.05) is 99.9 Å². The maximum Gasteiger partial charge on any atom is 0.348 e. The fourth-order valence-electron chi connectivity index (χ4n) is 12.3. The smallest absolute Gasteiger partial charge is 0.348 e. The van der Waals surface area contributed by atoms with Gasteiger partial charge in [-0.25, -0.2) is 49.6 Å². The van der Waals surface area contributed by atoms with Crippen LogP contribution in [-0.4, -0.2) is 155 Å². The van der Waals surface area contributed by atoms with Gasteiger partial charge in [-0.3, -0.25) is 30.0 Å². The van der Waals surface area contributed by atoms with Crippen molar-refractivity contribution >= 4 is 155 Å². The second-order valence-electron chi connectivity index (χ2n) is 27.0. The number of benzene rings is 3. The van der Waals surface area contributed by atoms with Gasteiger partial charge in [-0.05, 0) is 195 Å². The number of aryl methyl sites for hydroxylation is 4. The van der Waals surface area contributed by atoms with Gasteiger partial charge >= 0.3 is 23.9 Å². The monoisotopic (exact) mass is 1960 g/mol. The van der Waals surface area contributed by atoms with Crippen molar-refractivity contribution in [1.82, 2.24) is 31.3 Å². The number of hydrogen-bond acceptors (Lipinski definition) is 22. The summed E-state index contributed by atoms with van der Waals surface area (Å²) in [5.74, 6) is -1.34. The average molecular weight is 1960 g/mol. The molecule has 4 aromatic heterocycles. The van der Waals surface area contributed by atoms with Crippen molar-refractivity contribution in [2.75, 3.05) is 82.5 Å². The molecule has 0 radical (unpaired) electrons. The lowest BCUT2D eigenvalue weighted by atomic mass is 10.0. The van der Waals surface area contributed by atoms with E-state index in [1.807, 2.05) is 108 Å². The van der Waals surface area contributed by atoms with Crippen LogP contribution in [0, 0.1) is 3.57 Å². The third kappa shape index (κ3) is 43.3. The molecule has 0 spiro atoms. The van der Waals surface area contributed by atoms with Crippen molar-refractivity contribution < 1.29 is 73.0 Å². The molecular weight excluding hydrogens is 1820 g/mol. The first-order chi connectivity index (χ1) is 54.1. The Hall–Kier alpha value is -6.56. The highest BCUT2D eigenvalue weighted by Crippen LogP contribution is 2.31. The largest absolute Gasteiger partial charge is 0.477 e. The average Bonchev–Trinajstić information content (AvgIpc) is 1.71. The molecule has 3 atom stereocenters. The molecule has 684 valence electrons. The Morgan fingerprint density at radius 3 is 1.07 bits per heavy atom. The molecule has 4 amide bonds.